The number of benzene rings is 1. The first kappa shape index (κ1) is 15.8. The molecule has 20 heavy (non-hydrogen) atoms. The second-order valence-electron chi connectivity index (χ2n) is 5.56. The Morgan fingerprint density at radius 2 is 2.05 bits per heavy atom. The highest BCUT2D eigenvalue weighted by molar-refractivity contribution is 7.19. The molecule has 0 aromatic heterocycles. The van der Waals surface area contributed by atoms with Crippen LogP contribution in [0.4, 0.5) is 8.78 Å². The Morgan fingerprint density at radius 3 is 2.60 bits per heavy atom. The molecule has 0 saturated heterocycles. The quantitative estimate of drug-likeness (QED) is 0.838. The molecule has 0 amide bonds. The lowest BCUT2D eigenvalue weighted by atomic mass is 9.81. The summed E-state index contributed by atoms with van der Waals surface area (Å²) in [5, 5.41) is 8.18. The summed E-state index contributed by atoms with van der Waals surface area (Å²) >= 11 is 0. The maximum Gasteiger partial charge on any atom is 0.136 e. The van der Waals surface area contributed by atoms with Gasteiger partial charge in [0.05, 0.1) is 24.6 Å². The molecule has 1 aromatic carbocycles. The van der Waals surface area contributed by atoms with Gasteiger partial charge in [0.15, 0.2) is 0 Å². The van der Waals surface area contributed by atoms with E-state index in [1.165, 1.54) is 12.1 Å². The molecule has 3 nitrogen and oxygen atoms in total. The first-order chi connectivity index (χ1) is 9.35. The van der Waals surface area contributed by atoms with Crippen LogP contribution in [0, 0.1) is 5.82 Å². The highest BCUT2D eigenvalue weighted by atomic mass is 31.0. The summed E-state index contributed by atoms with van der Waals surface area (Å²) in [5.74, 6) is -0.296. The van der Waals surface area contributed by atoms with Crippen LogP contribution in [0.3, 0.4) is 0 Å². The largest absolute Gasteiger partial charge is 0.393 e. The molecule has 4 atom stereocenters. The van der Waals surface area contributed by atoms with Gasteiger partial charge in [0.25, 0.3) is 0 Å². The molecule has 1 aliphatic carbocycles. The molecule has 0 radical (unpaired) electrons. The predicted molar refractivity (Wildman–Crippen MR) is 76.4 cm³/mol. The molecule has 0 bridgehead atoms. The third-order valence-electron chi connectivity index (χ3n) is 3.72. The molecule has 0 heterocycles. The van der Waals surface area contributed by atoms with Crippen LogP contribution in [0.2, 0.25) is 0 Å². The molecule has 0 aliphatic heterocycles. The normalized spacial score (nSPS) is 34.1. The van der Waals surface area contributed by atoms with Gasteiger partial charge < -0.3 is 15.6 Å². The Morgan fingerprint density at radius 1 is 1.40 bits per heavy atom. The Labute approximate surface area is 119 Å². The summed E-state index contributed by atoms with van der Waals surface area (Å²) in [5.41, 5.74) is 5.29. The summed E-state index contributed by atoms with van der Waals surface area (Å²) in [6.07, 6.45) is 0.395. The first-order valence-electron chi connectivity index (χ1n) is 6.58. The van der Waals surface area contributed by atoms with Crippen LogP contribution in [0.15, 0.2) is 24.3 Å². The standard InChI is InChI=1S/C14H20F2NO2P/c15-11-3-1-10(2-4-11)7-19-12-5-6-13(16,9-18)8-14(12,17)20/h1-4,12,18H,5-9,17,20H2/t12-,13-,14+/m1/s1. The highest BCUT2D eigenvalue weighted by Gasteiger charge is 2.46. The Bertz CT molecular complexity index is 455. The molecule has 1 unspecified atom stereocenters. The Kier molecular flexibility index (Phi) is 4.75. The average Bonchev–Trinajstić information content (AvgIpc) is 2.39. The van der Waals surface area contributed by atoms with Crippen molar-refractivity contribution in [1.82, 2.24) is 0 Å². The molecule has 1 saturated carbocycles. The maximum atomic E-state index is 14.1. The van der Waals surface area contributed by atoms with Crippen LogP contribution >= 0.6 is 9.24 Å². The van der Waals surface area contributed by atoms with Crippen molar-refractivity contribution in [3.63, 3.8) is 0 Å². The lowest BCUT2D eigenvalue weighted by molar-refractivity contribution is -0.0631. The monoisotopic (exact) mass is 303 g/mol. The summed E-state index contributed by atoms with van der Waals surface area (Å²) in [6, 6.07) is 6.03. The number of rotatable bonds is 4. The van der Waals surface area contributed by atoms with Gasteiger partial charge in [-0.3, -0.25) is 0 Å². The van der Waals surface area contributed by atoms with Crippen LogP contribution in [-0.2, 0) is 11.3 Å². The molecule has 112 valence electrons. The minimum Gasteiger partial charge on any atom is -0.393 e. The smallest absolute Gasteiger partial charge is 0.136 e. The van der Waals surface area contributed by atoms with Crippen molar-refractivity contribution in [2.24, 2.45) is 5.73 Å². The van der Waals surface area contributed by atoms with Crippen molar-refractivity contribution in [2.45, 2.75) is 42.9 Å². The number of aliphatic hydroxyl groups excluding tert-OH is 1. The minimum absolute atomic E-state index is 0.0370. The van der Waals surface area contributed by atoms with Crippen LogP contribution < -0.4 is 5.73 Å². The fraction of sp³-hybridized carbons (Fsp3) is 0.571. The third-order valence-corrected chi connectivity index (χ3v) is 4.30. The number of hydrogen-bond donors (Lipinski definition) is 2. The number of hydrogen-bond acceptors (Lipinski definition) is 3. The molecular formula is C14H20F2NO2P. The Hall–Kier alpha value is -0.610. The molecule has 1 fully saturated rings. The number of aliphatic hydroxyl groups is 1. The Balaban J connectivity index is 1.95. The van der Waals surface area contributed by atoms with Gasteiger partial charge in [0.1, 0.15) is 11.5 Å². The van der Waals surface area contributed by atoms with Crippen molar-refractivity contribution < 1.29 is 18.6 Å². The van der Waals surface area contributed by atoms with Crippen molar-refractivity contribution in [2.75, 3.05) is 6.61 Å². The minimum atomic E-state index is -1.63. The zero-order chi connectivity index (χ0) is 14.8. The number of ether oxygens (including phenoxy) is 1. The molecular weight excluding hydrogens is 283 g/mol. The van der Waals surface area contributed by atoms with Crippen molar-refractivity contribution >= 4 is 9.24 Å². The van der Waals surface area contributed by atoms with Gasteiger partial charge in [0, 0.05) is 6.42 Å². The summed E-state index contributed by atoms with van der Waals surface area (Å²) in [4.78, 5) is 0. The lowest BCUT2D eigenvalue weighted by Crippen LogP contribution is -2.56. The zero-order valence-corrected chi connectivity index (χ0v) is 12.3. The lowest BCUT2D eigenvalue weighted by Gasteiger charge is -2.44. The van der Waals surface area contributed by atoms with E-state index >= 15 is 0 Å². The van der Waals surface area contributed by atoms with E-state index in [1.807, 2.05) is 0 Å². The fourth-order valence-electron chi connectivity index (χ4n) is 2.56. The molecule has 1 aromatic rings. The summed E-state index contributed by atoms with van der Waals surface area (Å²) in [7, 11) is 2.44. The van der Waals surface area contributed by atoms with Gasteiger partial charge in [0.2, 0.25) is 0 Å². The van der Waals surface area contributed by atoms with Crippen LogP contribution in [0.25, 0.3) is 0 Å². The number of halogens is 2. The molecule has 1 aliphatic rings. The van der Waals surface area contributed by atoms with Gasteiger partial charge in [-0.1, -0.05) is 12.1 Å². The predicted octanol–water partition coefficient (Wildman–Crippen LogP) is 2.13. The summed E-state index contributed by atoms with van der Waals surface area (Å²) in [6.45, 7) is -0.220. The maximum absolute atomic E-state index is 14.1. The highest BCUT2D eigenvalue weighted by Crippen LogP contribution is 2.41. The van der Waals surface area contributed by atoms with Gasteiger partial charge >= 0.3 is 0 Å². The van der Waals surface area contributed by atoms with E-state index in [4.69, 9.17) is 15.6 Å². The second-order valence-corrected chi connectivity index (χ2v) is 6.64. The van der Waals surface area contributed by atoms with Crippen molar-refractivity contribution in [1.29, 1.82) is 0 Å². The molecule has 3 N–H and O–H groups in total. The van der Waals surface area contributed by atoms with E-state index in [9.17, 15) is 8.78 Å². The van der Waals surface area contributed by atoms with Gasteiger partial charge in [-0.05, 0) is 30.5 Å². The van der Waals surface area contributed by atoms with Crippen molar-refractivity contribution in [3.8, 4) is 0 Å². The van der Waals surface area contributed by atoms with E-state index in [0.29, 0.717) is 13.0 Å². The van der Waals surface area contributed by atoms with E-state index in [1.54, 1.807) is 12.1 Å². The van der Waals surface area contributed by atoms with E-state index in [-0.39, 0.29) is 24.8 Å². The van der Waals surface area contributed by atoms with Gasteiger partial charge in [-0.15, -0.1) is 9.24 Å². The van der Waals surface area contributed by atoms with Crippen molar-refractivity contribution in [3.05, 3.63) is 35.6 Å². The van der Waals surface area contributed by atoms with E-state index in [2.05, 4.69) is 9.24 Å². The topological polar surface area (TPSA) is 55.5 Å². The van der Waals surface area contributed by atoms with Crippen LogP contribution in [-0.4, -0.2) is 28.8 Å². The zero-order valence-electron chi connectivity index (χ0n) is 11.2. The number of nitrogens with two attached hydrogens (primary N) is 1. The van der Waals surface area contributed by atoms with Crippen LogP contribution in [0.1, 0.15) is 24.8 Å². The third kappa shape index (κ3) is 3.73. The first-order valence-corrected chi connectivity index (χ1v) is 7.16. The summed E-state index contributed by atoms with van der Waals surface area (Å²) < 4.78 is 32.7. The molecule has 2 rings (SSSR count). The van der Waals surface area contributed by atoms with Crippen LogP contribution in [0.5, 0.6) is 0 Å². The average molecular weight is 303 g/mol. The van der Waals surface area contributed by atoms with Gasteiger partial charge in [-0.25, -0.2) is 8.78 Å². The molecule has 6 heteroatoms. The fourth-order valence-corrected chi connectivity index (χ4v) is 3.19. The number of alkyl halides is 1. The van der Waals surface area contributed by atoms with E-state index in [0.717, 1.165) is 5.56 Å². The second kappa shape index (κ2) is 6.02. The molecule has 0 spiro atoms. The SMILES string of the molecule is N[C@]1(P)C[C@@](F)(CO)CC[C@H]1OCc1ccc(F)cc1. The van der Waals surface area contributed by atoms with Gasteiger partial charge in [-0.2, -0.15) is 0 Å². The van der Waals surface area contributed by atoms with E-state index < -0.39 is 17.6 Å².